The molecule has 1 aromatic rings. The lowest BCUT2D eigenvalue weighted by atomic mass is 9.83. The molecule has 0 spiro atoms. The minimum atomic E-state index is 0.812. The zero-order valence-electron chi connectivity index (χ0n) is 10.3. The molecule has 0 bridgehead atoms. The SMILES string of the molecule is Cc1cc(CNCC2CCC(C)CC2)on1. The number of aromatic nitrogens is 1. The number of nitrogens with one attached hydrogen (secondary N) is 1. The van der Waals surface area contributed by atoms with Crippen molar-refractivity contribution in [1.82, 2.24) is 10.5 Å². The van der Waals surface area contributed by atoms with Crippen LogP contribution in [0.5, 0.6) is 0 Å². The molecule has 1 aromatic heterocycles. The van der Waals surface area contributed by atoms with Crippen LogP contribution >= 0.6 is 0 Å². The first-order chi connectivity index (χ1) is 7.74. The normalized spacial score (nSPS) is 25.9. The number of hydrogen-bond acceptors (Lipinski definition) is 3. The molecule has 0 saturated heterocycles. The topological polar surface area (TPSA) is 38.1 Å². The second kappa shape index (κ2) is 5.48. The zero-order chi connectivity index (χ0) is 11.4. The summed E-state index contributed by atoms with van der Waals surface area (Å²) in [6, 6.07) is 2.00. The van der Waals surface area contributed by atoms with Crippen molar-refractivity contribution >= 4 is 0 Å². The summed E-state index contributed by atoms with van der Waals surface area (Å²) in [5, 5.41) is 7.34. The molecule has 0 unspecified atom stereocenters. The van der Waals surface area contributed by atoms with Crippen molar-refractivity contribution in [3.8, 4) is 0 Å². The maximum absolute atomic E-state index is 5.16. The molecule has 2 rings (SSSR count). The molecule has 3 nitrogen and oxygen atoms in total. The molecule has 1 heterocycles. The van der Waals surface area contributed by atoms with Gasteiger partial charge in [0, 0.05) is 6.07 Å². The van der Waals surface area contributed by atoms with E-state index in [0.29, 0.717) is 0 Å². The van der Waals surface area contributed by atoms with Crippen molar-refractivity contribution in [2.75, 3.05) is 6.54 Å². The van der Waals surface area contributed by atoms with Gasteiger partial charge in [0.1, 0.15) is 0 Å². The minimum Gasteiger partial charge on any atom is -0.360 e. The maximum atomic E-state index is 5.16. The number of hydrogen-bond donors (Lipinski definition) is 1. The van der Waals surface area contributed by atoms with E-state index < -0.39 is 0 Å². The van der Waals surface area contributed by atoms with E-state index in [2.05, 4.69) is 17.4 Å². The highest BCUT2D eigenvalue weighted by atomic mass is 16.5. The molecule has 0 amide bonds. The lowest BCUT2D eigenvalue weighted by molar-refractivity contribution is 0.277. The van der Waals surface area contributed by atoms with Gasteiger partial charge in [-0.25, -0.2) is 0 Å². The van der Waals surface area contributed by atoms with Crippen LogP contribution in [0.25, 0.3) is 0 Å². The van der Waals surface area contributed by atoms with Crippen LogP contribution in [0.15, 0.2) is 10.6 Å². The molecule has 1 fully saturated rings. The molecule has 1 saturated carbocycles. The van der Waals surface area contributed by atoms with E-state index in [4.69, 9.17) is 4.52 Å². The molecule has 16 heavy (non-hydrogen) atoms. The molecule has 1 aliphatic carbocycles. The fourth-order valence-corrected chi connectivity index (χ4v) is 2.43. The summed E-state index contributed by atoms with van der Waals surface area (Å²) < 4.78 is 5.16. The minimum absolute atomic E-state index is 0.812. The van der Waals surface area contributed by atoms with Crippen LogP contribution in [0, 0.1) is 18.8 Å². The quantitative estimate of drug-likeness (QED) is 0.851. The van der Waals surface area contributed by atoms with Crippen molar-refractivity contribution in [2.24, 2.45) is 11.8 Å². The Morgan fingerprint density at radius 1 is 1.38 bits per heavy atom. The number of aryl methyl sites for hydroxylation is 1. The van der Waals surface area contributed by atoms with Gasteiger partial charge in [0.05, 0.1) is 12.2 Å². The van der Waals surface area contributed by atoms with Gasteiger partial charge in [-0.3, -0.25) is 0 Å². The second-order valence-electron chi connectivity index (χ2n) is 5.19. The predicted octanol–water partition coefficient (Wildman–Crippen LogP) is 2.90. The van der Waals surface area contributed by atoms with E-state index >= 15 is 0 Å². The van der Waals surface area contributed by atoms with Crippen molar-refractivity contribution in [3.63, 3.8) is 0 Å². The molecule has 90 valence electrons. The van der Waals surface area contributed by atoms with Crippen molar-refractivity contribution in [2.45, 2.75) is 46.1 Å². The monoisotopic (exact) mass is 222 g/mol. The third-order valence-electron chi connectivity index (χ3n) is 3.54. The molecule has 0 aliphatic heterocycles. The predicted molar refractivity (Wildman–Crippen MR) is 64.1 cm³/mol. The van der Waals surface area contributed by atoms with Crippen LogP contribution in [-0.2, 0) is 6.54 Å². The second-order valence-corrected chi connectivity index (χ2v) is 5.19. The molecular weight excluding hydrogens is 200 g/mol. The molecule has 3 heteroatoms. The fraction of sp³-hybridized carbons (Fsp3) is 0.769. The van der Waals surface area contributed by atoms with E-state index in [9.17, 15) is 0 Å². The standard InChI is InChI=1S/C13H22N2O/c1-10-3-5-12(6-4-10)8-14-9-13-7-11(2)15-16-13/h7,10,12,14H,3-6,8-9H2,1-2H3. The average molecular weight is 222 g/mol. The van der Waals surface area contributed by atoms with Crippen LogP contribution in [-0.4, -0.2) is 11.7 Å². The van der Waals surface area contributed by atoms with Gasteiger partial charge >= 0.3 is 0 Å². The summed E-state index contributed by atoms with van der Waals surface area (Å²) in [5.74, 6) is 2.75. The van der Waals surface area contributed by atoms with Gasteiger partial charge in [0.15, 0.2) is 5.76 Å². The van der Waals surface area contributed by atoms with Crippen LogP contribution in [0.1, 0.15) is 44.1 Å². The summed E-state index contributed by atoms with van der Waals surface area (Å²) in [6.07, 6.45) is 5.55. The summed E-state index contributed by atoms with van der Waals surface area (Å²) >= 11 is 0. The van der Waals surface area contributed by atoms with Crippen LogP contribution < -0.4 is 5.32 Å². The fourth-order valence-electron chi connectivity index (χ4n) is 2.43. The average Bonchev–Trinajstić information content (AvgIpc) is 2.67. The summed E-state index contributed by atoms with van der Waals surface area (Å²) in [7, 11) is 0. The third kappa shape index (κ3) is 3.34. The van der Waals surface area contributed by atoms with Crippen molar-refractivity contribution in [3.05, 3.63) is 17.5 Å². The molecule has 1 N–H and O–H groups in total. The van der Waals surface area contributed by atoms with Gasteiger partial charge in [0.2, 0.25) is 0 Å². The van der Waals surface area contributed by atoms with Crippen LogP contribution in [0.3, 0.4) is 0 Å². The summed E-state index contributed by atoms with van der Waals surface area (Å²) in [6.45, 7) is 6.25. The first-order valence-electron chi connectivity index (χ1n) is 6.37. The van der Waals surface area contributed by atoms with Crippen LogP contribution in [0.4, 0.5) is 0 Å². The Morgan fingerprint density at radius 3 is 2.75 bits per heavy atom. The van der Waals surface area contributed by atoms with E-state index in [-0.39, 0.29) is 0 Å². The Balaban J connectivity index is 1.64. The molecule has 0 aromatic carbocycles. The zero-order valence-corrected chi connectivity index (χ0v) is 10.3. The first kappa shape index (κ1) is 11.6. The Hall–Kier alpha value is -0.830. The van der Waals surface area contributed by atoms with Gasteiger partial charge in [-0.05, 0) is 38.1 Å². The Kier molecular flexibility index (Phi) is 3.99. The van der Waals surface area contributed by atoms with Crippen molar-refractivity contribution in [1.29, 1.82) is 0 Å². The summed E-state index contributed by atoms with van der Waals surface area (Å²) in [5.41, 5.74) is 0.961. The highest BCUT2D eigenvalue weighted by Gasteiger charge is 2.17. The summed E-state index contributed by atoms with van der Waals surface area (Å²) in [4.78, 5) is 0. The Labute approximate surface area is 97.6 Å². The smallest absolute Gasteiger partial charge is 0.150 e. The van der Waals surface area contributed by atoms with Gasteiger partial charge in [-0.1, -0.05) is 24.9 Å². The third-order valence-corrected chi connectivity index (χ3v) is 3.54. The Morgan fingerprint density at radius 2 is 2.12 bits per heavy atom. The lowest BCUT2D eigenvalue weighted by Gasteiger charge is -2.26. The number of nitrogens with zero attached hydrogens (tertiary/aromatic N) is 1. The molecule has 0 radical (unpaired) electrons. The van der Waals surface area contributed by atoms with Crippen LogP contribution in [0.2, 0.25) is 0 Å². The maximum Gasteiger partial charge on any atom is 0.150 e. The number of rotatable bonds is 4. The van der Waals surface area contributed by atoms with E-state index in [0.717, 1.165) is 36.4 Å². The van der Waals surface area contributed by atoms with E-state index in [1.807, 2.05) is 13.0 Å². The van der Waals surface area contributed by atoms with Gasteiger partial charge in [-0.15, -0.1) is 0 Å². The largest absolute Gasteiger partial charge is 0.360 e. The van der Waals surface area contributed by atoms with Crippen molar-refractivity contribution < 1.29 is 4.52 Å². The van der Waals surface area contributed by atoms with Gasteiger partial charge < -0.3 is 9.84 Å². The Bertz CT molecular complexity index is 313. The lowest BCUT2D eigenvalue weighted by Crippen LogP contribution is -2.25. The molecule has 1 aliphatic rings. The van der Waals surface area contributed by atoms with Gasteiger partial charge in [0.25, 0.3) is 0 Å². The molecule has 0 atom stereocenters. The van der Waals surface area contributed by atoms with E-state index in [1.165, 1.54) is 25.7 Å². The van der Waals surface area contributed by atoms with Gasteiger partial charge in [-0.2, -0.15) is 0 Å². The highest BCUT2D eigenvalue weighted by Crippen LogP contribution is 2.27. The molecular formula is C13H22N2O. The first-order valence-corrected chi connectivity index (χ1v) is 6.37. The van der Waals surface area contributed by atoms with E-state index in [1.54, 1.807) is 0 Å². The highest BCUT2D eigenvalue weighted by molar-refractivity contribution is 5.02.